The zero-order chi connectivity index (χ0) is 15.4. The number of carbonyl (C=O) groups excluding carboxylic acids is 2. The summed E-state index contributed by atoms with van der Waals surface area (Å²) in [5.74, 6) is -0.0235. The Kier molecular flexibility index (Phi) is 7.82. The molecular formula is C14H21BrClN3O2S. The molecule has 1 aromatic heterocycles. The van der Waals surface area contributed by atoms with Crippen LogP contribution in [-0.4, -0.2) is 30.4 Å². The molecule has 8 heteroatoms. The molecule has 1 aromatic rings. The van der Waals surface area contributed by atoms with E-state index >= 15 is 0 Å². The topological polar surface area (TPSA) is 84.2 Å². The van der Waals surface area contributed by atoms with Crippen molar-refractivity contribution >= 4 is 51.5 Å². The van der Waals surface area contributed by atoms with Crippen LogP contribution in [0.4, 0.5) is 0 Å². The minimum Gasteiger partial charge on any atom is -0.351 e. The van der Waals surface area contributed by atoms with Crippen molar-refractivity contribution in [3.63, 3.8) is 0 Å². The van der Waals surface area contributed by atoms with Crippen molar-refractivity contribution in [2.45, 2.75) is 38.3 Å². The van der Waals surface area contributed by atoms with Crippen molar-refractivity contribution in [1.29, 1.82) is 0 Å². The third-order valence-corrected chi connectivity index (χ3v) is 5.45. The molecule has 1 aliphatic carbocycles. The van der Waals surface area contributed by atoms with Gasteiger partial charge in [-0.05, 0) is 60.3 Å². The number of hydrogen-bond donors (Lipinski definition) is 3. The molecule has 4 N–H and O–H groups in total. The predicted molar refractivity (Wildman–Crippen MR) is 94.5 cm³/mol. The van der Waals surface area contributed by atoms with Gasteiger partial charge in [-0.2, -0.15) is 0 Å². The van der Waals surface area contributed by atoms with E-state index in [1.807, 2.05) is 6.07 Å². The lowest BCUT2D eigenvalue weighted by molar-refractivity contribution is -0.123. The van der Waals surface area contributed by atoms with Crippen LogP contribution in [0, 0.1) is 5.92 Å². The van der Waals surface area contributed by atoms with E-state index in [4.69, 9.17) is 5.73 Å². The molecule has 1 heterocycles. The van der Waals surface area contributed by atoms with Crippen molar-refractivity contribution in [3.8, 4) is 0 Å². The lowest BCUT2D eigenvalue weighted by Gasteiger charge is -2.22. The van der Waals surface area contributed by atoms with Crippen molar-refractivity contribution in [2.75, 3.05) is 6.54 Å². The third-order valence-electron chi connectivity index (χ3n) is 3.83. The van der Waals surface area contributed by atoms with Crippen LogP contribution in [0.3, 0.4) is 0 Å². The van der Waals surface area contributed by atoms with Gasteiger partial charge >= 0.3 is 0 Å². The molecule has 0 aromatic carbocycles. The molecule has 2 amide bonds. The first-order valence-corrected chi connectivity index (χ1v) is 8.69. The highest BCUT2D eigenvalue weighted by molar-refractivity contribution is 9.11. The van der Waals surface area contributed by atoms with Gasteiger partial charge in [-0.15, -0.1) is 23.7 Å². The second kappa shape index (κ2) is 8.86. The molecule has 5 nitrogen and oxygen atoms in total. The van der Waals surface area contributed by atoms with Gasteiger partial charge in [-0.25, -0.2) is 0 Å². The average molecular weight is 411 g/mol. The maximum atomic E-state index is 12.2. The van der Waals surface area contributed by atoms with Crippen LogP contribution >= 0.6 is 39.7 Å². The Morgan fingerprint density at radius 1 is 1.45 bits per heavy atom. The number of nitrogens with one attached hydrogen (secondary N) is 2. The number of thiophene rings is 1. The number of halogens is 2. The first-order valence-electron chi connectivity index (χ1n) is 7.08. The van der Waals surface area contributed by atoms with Gasteiger partial charge in [0.25, 0.3) is 5.91 Å². The average Bonchev–Trinajstić information content (AvgIpc) is 3.07. The van der Waals surface area contributed by atoms with E-state index < -0.39 is 6.04 Å². The maximum absolute atomic E-state index is 12.2. The van der Waals surface area contributed by atoms with Crippen LogP contribution in [0.1, 0.15) is 35.9 Å². The molecular weight excluding hydrogens is 390 g/mol. The van der Waals surface area contributed by atoms with E-state index in [-0.39, 0.29) is 30.3 Å². The quantitative estimate of drug-likeness (QED) is 0.696. The van der Waals surface area contributed by atoms with Gasteiger partial charge in [0.05, 0.1) is 8.66 Å². The van der Waals surface area contributed by atoms with E-state index in [0.29, 0.717) is 17.3 Å². The molecule has 0 bridgehead atoms. The van der Waals surface area contributed by atoms with Gasteiger partial charge in [0, 0.05) is 6.04 Å². The van der Waals surface area contributed by atoms with Crippen LogP contribution in [-0.2, 0) is 4.79 Å². The van der Waals surface area contributed by atoms with Crippen molar-refractivity contribution in [3.05, 3.63) is 20.8 Å². The fourth-order valence-corrected chi connectivity index (χ4v) is 3.88. The second-order valence-electron chi connectivity index (χ2n) is 5.34. The van der Waals surface area contributed by atoms with Gasteiger partial charge in [-0.1, -0.05) is 6.42 Å². The summed E-state index contributed by atoms with van der Waals surface area (Å²) in [6.45, 7) is 2.29. The molecule has 0 spiro atoms. The Hall–Kier alpha value is -0.630. The summed E-state index contributed by atoms with van der Waals surface area (Å²) in [4.78, 5) is 24.8. The largest absolute Gasteiger partial charge is 0.351 e. The molecule has 0 radical (unpaired) electrons. The van der Waals surface area contributed by atoms with Crippen LogP contribution < -0.4 is 16.4 Å². The normalized spacial score (nSPS) is 21.8. The summed E-state index contributed by atoms with van der Waals surface area (Å²) >= 11 is 4.66. The summed E-state index contributed by atoms with van der Waals surface area (Å²) in [7, 11) is 0. The minimum absolute atomic E-state index is 0. The van der Waals surface area contributed by atoms with Gasteiger partial charge in [-0.3, -0.25) is 9.59 Å². The number of amides is 2. The summed E-state index contributed by atoms with van der Waals surface area (Å²) < 4.78 is 0.890. The zero-order valence-corrected chi connectivity index (χ0v) is 15.5. The molecule has 3 atom stereocenters. The van der Waals surface area contributed by atoms with E-state index in [1.54, 1.807) is 13.0 Å². The Bertz CT molecular complexity index is 526. The first-order chi connectivity index (χ1) is 10.0. The maximum Gasteiger partial charge on any atom is 0.262 e. The fraction of sp³-hybridized carbons (Fsp3) is 0.571. The highest BCUT2D eigenvalue weighted by Gasteiger charge is 2.29. The second-order valence-corrected chi connectivity index (χ2v) is 7.80. The number of rotatable bonds is 5. The fourth-order valence-electron chi connectivity index (χ4n) is 2.59. The van der Waals surface area contributed by atoms with Gasteiger partial charge in [0.2, 0.25) is 5.91 Å². The van der Waals surface area contributed by atoms with Crippen molar-refractivity contribution < 1.29 is 9.59 Å². The predicted octanol–water partition coefficient (Wildman–Crippen LogP) is 2.29. The monoisotopic (exact) mass is 409 g/mol. The highest BCUT2D eigenvalue weighted by atomic mass is 79.9. The summed E-state index contributed by atoms with van der Waals surface area (Å²) in [6.07, 6.45) is 3.12. The molecule has 2 rings (SSSR count). The Balaban J connectivity index is 0.00000242. The van der Waals surface area contributed by atoms with Gasteiger partial charge in [0.1, 0.15) is 6.04 Å². The zero-order valence-electron chi connectivity index (χ0n) is 12.3. The lowest BCUT2D eigenvalue weighted by atomic mass is 10.0. The van der Waals surface area contributed by atoms with Crippen LogP contribution in [0.2, 0.25) is 0 Å². The molecule has 1 fully saturated rings. The van der Waals surface area contributed by atoms with Crippen LogP contribution in [0.25, 0.3) is 0 Å². The summed E-state index contributed by atoms with van der Waals surface area (Å²) in [5.41, 5.74) is 5.71. The highest BCUT2D eigenvalue weighted by Crippen LogP contribution is 2.24. The SMILES string of the molecule is CC(NC(=O)c1ccc(Br)s1)C(=O)NC1CCCC1CN.Cl. The van der Waals surface area contributed by atoms with Crippen LogP contribution in [0.5, 0.6) is 0 Å². The molecule has 124 valence electrons. The molecule has 1 saturated carbocycles. The van der Waals surface area contributed by atoms with E-state index in [0.717, 1.165) is 23.0 Å². The molecule has 0 saturated heterocycles. The van der Waals surface area contributed by atoms with Gasteiger partial charge < -0.3 is 16.4 Å². The van der Waals surface area contributed by atoms with E-state index in [9.17, 15) is 9.59 Å². The van der Waals surface area contributed by atoms with Gasteiger partial charge in [0.15, 0.2) is 0 Å². The summed E-state index contributed by atoms with van der Waals surface area (Å²) in [5, 5.41) is 5.73. The Morgan fingerprint density at radius 3 is 2.77 bits per heavy atom. The lowest BCUT2D eigenvalue weighted by Crippen LogP contribution is -2.49. The third kappa shape index (κ3) is 4.94. The Morgan fingerprint density at radius 2 is 2.18 bits per heavy atom. The minimum atomic E-state index is -0.558. The molecule has 1 aliphatic rings. The van der Waals surface area contributed by atoms with Crippen molar-refractivity contribution in [2.24, 2.45) is 11.7 Å². The molecule has 0 aliphatic heterocycles. The molecule has 3 unspecified atom stereocenters. The first kappa shape index (κ1) is 19.4. The van der Waals surface area contributed by atoms with E-state index in [1.165, 1.54) is 11.3 Å². The smallest absolute Gasteiger partial charge is 0.262 e. The Labute approximate surface area is 148 Å². The number of nitrogens with two attached hydrogens (primary N) is 1. The van der Waals surface area contributed by atoms with E-state index in [2.05, 4.69) is 26.6 Å². The standard InChI is InChI=1S/C14H20BrN3O2S.ClH/c1-8(17-14(20)11-5-6-12(15)21-11)13(19)18-10-4-2-3-9(10)7-16;/h5-6,8-10H,2-4,7,16H2,1H3,(H,17,20)(H,18,19);1H. The summed E-state index contributed by atoms with van der Waals surface area (Å²) in [6, 6.07) is 3.13. The van der Waals surface area contributed by atoms with Crippen LogP contribution in [0.15, 0.2) is 15.9 Å². The number of hydrogen-bond acceptors (Lipinski definition) is 4. The molecule has 22 heavy (non-hydrogen) atoms. The number of carbonyl (C=O) groups is 2. The van der Waals surface area contributed by atoms with Crippen molar-refractivity contribution in [1.82, 2.24) is 10.6 Å².